The van der Waals surface area contributed by atoms with Gasteiger partial charge in [-0.05, 0) is 26.2 Å². The highest BCUT2D eigenvalue weighted by molar-refractivity contribution is 5.79. The second-order valence-electron chi connectivity index (χ2n) is 4.76. The molecule has 0 aromatic carbocycles. The summed E-state index contributed by atoms with van der Waals surface area (Å²) in [6.45, 7) is 4.27. The van der Waals surface area contributed by atoms with Gasteiger partial charge in [0.1, 0.15) is 11.6 Å². The van der Waals surface area contributed by atoms with Gasteiger partial charge in [-0.25, -0.2) is 4.98 Å². The third kappa shape index (κ3) is 2.34. The lowest BCUT2D eigenvalue weighted by Crippen LogP contribution is -2.13. The summed E-state index contributed by atoms with van der Waals surface area (Å²) in [7, 11) is 0. The van der Waals surface area contributed by atoms with Crippen LogP contribution in [0.2, 0.25) is 0 Å². The topological polar surface area (TPSA) is 45.8 Å². The number of aryl methyl sites for hydroxylation is 2. The largest absolute Gasteiger partial charge is 0.346 e. The van der Waals surface area contributed by atoms with E-state index in [2.05, 4.69) is 23.8 Å². The molecule has 1 aliphatic rings. The van der Waals surface area contributed by atoms with E-state index in [0.29, 0.717) is 11.7 Å². The van der Waals surface area contributed by atoms with Gasteiger partial charge in [0.25, 0.3) is 0 Å². The Morgan fingerprint density at radius 3 is 2.69 bits per heavy atom. The van der Waals surface area contributed by atoms with Gasteiger partial charge in [-0.2, -0.15) is 0 Å². The minimum atomic E-state index is 0.410. The Morgan fingerprint density at radius 2 is 2.06 bits per heavy atom. The maximum atomic E-state index is 11.2. The number of carbonyl (C=O) groups excluding carboxylic acids is 1. The molecule has 88 valence electrons. The third-order valence-electron chi connectivity index (χ3n) is 3.42. The molecule has 0 radical (unpaired) electrons. The minimum absolute atomic E-state index is 0.410. The van der Waals surface area contributed by atoms with E-state index < -0.39 is 0 Å². The highest BCUT2D eigenvalue weighted by Crippen LogP contribution is 2.30. The van der Waals surface area contributed by atoms with Crippen LogP contribution < -0.4 is 0 Å². The number of hydrogen-bond donors (Lipinski definition) is 1. The third-order valence-corrected chi connectivity index (χ3v) is 3.42. The van der Waals surface area contributed by atoms with Crippen molar-refractivity contribution < 1.29 is 4.79 Å². The van der Waals surface area contributed by atoms with Crippen LogP contribution in [0.15, 0.2) is 0 Å². The van der Waals surface area contributed by atoms with Gasteiger partial charge in [0.15, 0.2) is 0 Å². The number of aromatic amines is 1. The number of hydrogen-bond acceptors (Lipinski definition) is 2. The zero-order valence-electron chi connectivity index (χ0n) is 10.2. The number of Topliss-reactive ketones (excluding diaryl/α,β-unsaturated/α-hetero) is 1. The SMILES string of the molecule is CCCc1nc(C2CCC(=O)CC2)[nH]c1C. The molecule has 16 heavy (non-hydrogen) atoms. The van der Waals surface area contributed by atoms with Gasteiger partial charge in [-0.1, -0.05) is 13.3 Å². The van der Waals surface area contributed by atoms with E-state index >= 15 is 0 Å². The molecule has 1 N–H and O–H groups in total. The first-order chi connectivity index (χ1) is 7.70. The van der Waals surface area contributed by atoms with Crippen molar-refractivity contribution in [1.29, 1.82) is 0 Å². The average Bonchev–Trinajstić information content (AvgIpc) is 2.62. The van der Waals surface area contributed by atoms with Crippen LogP contribution in [0.25, 0.3) is 0 Å². The number of nitrogens with one attached hydrogen (secondary N) is 1. The van der Waals surface area contributed by atoms with Crippen LogP contribution in [0.5, 0.6) is 0 Å². The molecule has 0 bridgehead atoms. The highest BCUT2D eigenvalue weighted by atomic mass is 16.1. The van der Waals surface area contributed by atoms with Gasteiger partial charge < -0.3 is 4.98 Å². The first-order valence-corrected chi connectivity index (χ1v) is 6.27. The average molecular weight is 220 g/mol. The lowest BCUT2D eigenvalue weighted by atomic mass is 9.88. The predicted molar refractivity (Wildman–Crippen MR) is 63.5 cm³/mol. The zero-order chi connectivity index (χ0) is 11.5. The van der Waals surface area contributed by atoms with E-state index in [1.807, 2.05) is 0 Å². The molecular formula is C13H20N2O. The molecule has 1 aliphatic carbocycles. The van der Waals surface area contributed by atoms with Gasteiger partial charge >= 0.3 is 0 Å². The molecule has 0 saturated heterocycles. The second-order valence-corrected chi connectivity index (χ2v) is 4.76. The molecule has 1 aromatic heterocycles. The highest BCUT2D eigenvalue weighted by Gasteiger charge is 2.23. The monoisotopic (exact) mass is 220 g/mol. The fourth-order valence-electron chi connectivity index (χ4n) is 2.41. The molecule has 0 unspecified atom stereocenters. The van der Waals surface area contributed by atoms with E-state index in [1.54, 1.807) is 0 Å². The molecule has 0 aliphatic heterocycles. The number of nitrogens with zero attached hydrogens (tertiary/aromatic N) is 1. The number of carbonyl (C=O) groups is 1. The molecule has 1 fully saturated rings. The zero-order valence-corrected chi connectivity index (χ0v) is 10.2. The van der Waals surface area contributed by atoms with Crippen molar-refractivity contribution in [3.63, 3.8) is 0 Å². The first-order valence-electron chi connectivity index (χ1n) is 6.27. The van der Waals surface area contributed by atoms with Crippen molar-refractivity contribution in [2.45, 2.75) is 58.3 Å². The standard InChI is InChI=1S/C13H20N2O/c1-3-4-12-9(2)14-13(15-12)10-5-7-11(16)8-6-10/h10H,3-8H2,1-2H3,(H,14,15). The van der Waals surface area contributed by atoms with E-state index in [9.17, 15) is 4.79 Å². The van der Waals surface area contributed by atoms with E-state index in [0.717, 1.165) is 44.3 Å². The van der Waals surface area contributed by atoms with Crippen molar-refractivity contribution >= 4 is 5.78 Å². The van der Waals surface area contributed by atoms with Crippen molar-refractivity contribution in [3.05, 3.63) is 17.2 Å². The molecule has 3 nitrogen and oxygen atoms in total. The quantitative estimate of drug-likeness (QED) is 0.851. The van der Waals surface area contributed by atoms with Crippen molar-refractivity contribution in [3.8, 4) is 0 Å². The second kappa shape index (κ2) is 4.81. The Balaban J connectivity index is 2.09. The van der Waals surface area contributed by atoms with Crippen LogP contribution in [-0.4, -0.2) is 15.8 Å². The first kappa shape index (κ1) is 11.4. The Bertz CT molecular complexity index is 371. The smallest absolute Gasteiger partial charge is 0.132 e. The Labute approximate surface area is 96.7 Å². The molecule has 2 rings (SSSR count). The van der Waals surface area contributed by atoms with Gasteiger partial charge in [0.2, 0.25) is 0 Å². The summed E-state index contributed by atoms with van der Waals surface area (Å²) in [5.74, 6) is 1.99. The van der Waals surface area contributed by atoms with Crippen molar-refractivity contribution in [1.82, 2.24) is 9.97 Å². The summed E-state index contributed by atoms with van der Waals surface area (Å²) >= 11 is 0. The molecule has 0 spiro atoms. The molecule has 3 heteroatoms. The summed E-state index contributed by atoms with van der Waals surface area (Å²) in [4.78, 5) is 19.3. The Kier molecular flexibility index (Phi) is 3.42. The Hall–Kier alpha value is -1.12. The van der Waals surface area contributed by atoms with E-state index in [4.69, 9.17) is 0 Å². The Morgan fingerprint density at radius 1 is 1.38 bits per heavy atom. The van der Waals surface area contributed by atoms with Crippen LogP contribution in [0.1, 0.15) is 62.2 Å². The molecule has 1 aromatic rings. The number of rotatable bonds is 3. The van der Waals surface area contributed by atoms with Gasteiger partial charge in [0.05, 0.1) is 5.69 Å². The van der Waals surface area contributed by atoms with Crippen LogP contribution in [0.4, 0.5) is 0 Å². The van der Waals surface area contributed by atoms with E-state index in [-0.39, 0.29) is 0 Å². The number of aromatic nitrogens is 2. The lowest BCUT2D eigenvalue weighted by molar-refractivity contribution is -0.120. The predicted octanol–water partition coefficient (Wildman–Crippen LogP) is 2.90. The van der Waals surface area contributed by atoms with Gasteiger partial charge in [-0.15, -0.1) is 0 Å². The molecule has 0 amide bonds. The lowest BCUT2D eigenvalue weighted by Gasteiger charge is -2.18. The fourth-order valence-corrected chi connectivity index (χ4v) is 2.41. The number of imidazole rings is 1. The van der Waals surface area contributed by atoms with Gasteiger partial charge in [-0.3, -0.25) is 4.79 Å². The van der Waals surface area contributed by atoms with Crippen molar-refractivity contribution in [2.24, 2.45) is 0 Å². The maximum Gasteiger partial charge on any atom is 0.132 e. The number of ketones is 1. The summed E-state index contributed by atoms with van der Waals surface area (Å²) in [6.07, 6.45) is 5.58. The van der Waals surface area contributed by atoms with Crippen LogP contribution >= 0.6 is 0 Å². The van der Waals surface area contributed by atoms with Gasteiger partial charge in [0, 0.05) is 24.5 Å². The summed E-state index contributed by atoms with van der Waals surface area (Å²) < 4.78 is 0. The molecule has 1 saturated carbocycles. The summed E-state index contributed by atoms with van der Waals surface area (Å²) in [5.41, 5.74) is 2.41. The maximum absolute atomic E-state index is 11.2. The number of H-pyrrole nitrogens is 1. The fraction of sp³-hybridized carbons (Fsp3) is 0.692. The van der Waals surface area contributed by atoms with Crippen molar-refractivity contribution in [2.75, 3.05) is 0 Å². The van der Waals surface area contributed by atoms with Crippen LogP contribution in [0, 0.1) is 6.92 Å². The molecule has 1 heterocycles. The van der Waals surface area contributed by atoms with Crippen LogP contribution in [0.3, 0.4) is 0 Å². The van der Waals surface area contributed by atoms with Crippen LogP contribution in [-0.2, 0) is 11.2 Å². The molecular weight excluding hydrogens is 200 g/mol. The molecule has 0 atom stereocenters. The minimum Gasteiger partial charge on any atom is -0.346 e. The summed E-state index contributed by atoms with van der Waals surface area (Å²) in [6, 6.07) is 0. The van der Waals surface area contributed by atoms with E-state index in [1.165, 1.54) is 11.4 Å². The summed E-state index contributed by atoms with van der Waals surface area (Å²) in [5, 5.41) is 0. The normalized spacial score (nSPS) is 18.0.